The van der Waals surface area contributed by atoms with E-state index in [1.807, 2.05) is 37.3 Å². The second kappa shape index (κ2) is 10.2. The summed E-state index contributed by atoms with van der Waals surface area (Å²) in [7, 11) is -3.50. The second-order valence-corrected chi connectivity index (χ2v) is 11.0. The minimum absolute atomic E-state index is 0.0285. The van der Waals surface area contributed by atoms with Gasteiger partial charge in [0, 0.05) is 38.3 Å². The summed E-state index contributed by atoms with van der Waals surface area (Å²) in [5, 5.41) is 9.19. The molecule has 1 heterocycles. The van der Waals surface area contributed by atoms with E-state index in [9.17, 15) is 18.3 Å². The first-order valence-electron chi connectivity index (χ1n) is 11.6. The van der Waals surface area contributed by atoms with Gasteiger partial charge in [-0.25, -0.2) is 8.42 Å². The van der Waals surface area contributed by atoms with Gasteiger partial charge in [0.15, 0.2) is 0 Å². The molecule has 0 atom stereocenters. The van der Waals surface area contributed by atoms with Crippen molar-refractivity contribution in [2.75, 3.05) is 26.2 Å². The quantitative estimate of drug-likeness (QED) is 0.633. The van der Waals surface area contributed by atoms with Crippen molar-refractivity contribution in [1.82, 2.24) is 9.21 Å². The summed E-state index contributed by atoms with van der Waals surface area (Å²) in [6, 6.07) is 12.6. The molecule has 1 aliphatic heterocycles. The van der Waals surface area contributed by atoms with E-state index in [4.69, 9.17) is 4.74 Å². The molecule has 2 aromatic rings. The first-order valence-corrected chi connectivity index (χ1v) is 13.0. The van der Waals surface area contributed by atoms with Gasteiger partial charge in [-0.3, -0.25) is 9.69 Å². The smallest absolute Gasteiger partial charge is 0.307 e. The van der Waals surface area contributed by atoms with Gasteiger partial charge in [0.2, 0.25) is 10.0 Å². The fraction of sp³-hybridized carbons (Fsp3) is 0.480. The Hall–Kier alpha value is -2.42. The number of rotatable bonds is 8. The first kappa shape index (κ1) is 23.7. The molecule has 0 aromatic heterocycles. The third-order valence-electron chi connectivity index (χ3n) is 6.46. The predicted octanol–water partition coefficient (Wildman–Crippen LogP) is 3.45. The van der Waals surface area contributed by atoms with Gasteiger partial charge in [0.1, 0.15) is 5.75 Å². The topological polar surface area (TPSA) is 87.2 Å². The number of carbonyl (C=O) groups is 1. The average molecular weight is 473 g/mol. The number of ether oxygens (including phenoxy) is 1. The molecule has 2 fully saturated rings. The standard InChI is InChI=1S/C25H32N2O5S/c1-19-6-9-23(10-7-19)33(30,31)27-14-12-26(13-15-27)18-21-16-20(17-25(28)29)8-11-24(21)32-22-4-2-3-5-22/h6-11,16,22H,2-5,12-15,17-18H2,1H3,(H,28,29). The van der Waals surface area contributed by atoms with Gasteiger partial charge in [0.25, 0.3) is 0 Å². The molecule has 7 nitrogen and oxygen atoms in total. The average Bonchev–Trinajstić information content (AvgIpc) is 3.29. The van der Waals surface area contributed by atoms with Crippen LogP contribution in [0.2, 0.25) is 0 Å². The number of benzene rings is 2. The molecular weight excluding hydrogens is 440 g/mol. The normalized spacial score (nSPS) is 18.5. The number of hydrogen-bond acceptors (Lipinski definition) is 5. The summed E-state index contributed by atoms with van der Waals surface area (Å²) < 4.78 is 33.8. The van der Waals surface area contributed by atoms with Crippen molar-refractivity contribution in [1.29, 1.82) is 0 Å². The van der Waals surface area contributed by atoms with E-state index in [-0.39, 0.29) is 12.5 Å². The Labute approximate surface area is 196 Å². The summed E-state index contributed by atoms with van der Waals surface area (Å²) in [6.07, 6.45) is 4.63. The highest BCUT2D eigenvalue weighted by atomic mass is 32.2. The lowest BCUT2D eigenvalue weighted by atomic mass is 10.1. The zero-order valence-corrected chi connectivity index (χ0v) is 19.9. The molecule has 0 bridgehead atoms. The maximum Gasteiger partial charge on any atom is 0.307 e. The summed E-state index contributed by atoms with van der Waals surface area (Å²) in [5.41, 5.74) is 2.74. The Morgan fingerprint density at radius 1 is 1.03 bits per heavy atom. The lowest BCUT2D eigenvalue weighted by molar-refractivity contribution is -0.136. The zero-order valence-electron chi connectivity index (χ0n) is 19.1. The molecule has 178 valence electrons. The van der Waals surface area contributed by atoms with Crippen LogP contribution < -0.4 is 4.74 Å². The maximum atomic E-state index is 13.0. The van der Waals surface area contributed by atoms with Crippen molar-refractivity contribution in [2.45, 2.75) is 56.6 Å². The molecule has 0 spiro atoms. The summed E-state index contributed by atoms with van der Waals surface area (Å²) >= 11 is 0. The minimum Gasteiger partial charge on any atom is -0.490 e. The zero-order chi connectivity index (χ0) is 23.4. The van der Waals surface area contributed by atoms with Crippen LogP contribution in [0.4, 0.5) is 0 Å². The van der Waals surface area contributed by atoms with Gasteiger partial charge in [-0.2, -0.15) is 4.31 Å². The van der Waals surface area contributed by atoms with Gasteiger partial charge >= 0.3 is 5.97 Å². The highest BCUT2D eigenvalue weighted by Gasteiger charge is 2.29. The fourth-order valence-corrected chi connectivity index (χ4v) is 5.99. The van der Waals surface area contributed by atoms with Crippen molar-refractivity contribution in [3.8, 4) is 5.75 Å². The van der Waals surface area contributed by atoms with Crippen molar-refractivity contribution < 1.29 is 23.1 Å². The highest BCUT2D eigenvalue weighted by Crippen LogP contribution is 2.29. The van der Waals surface area contributed by atoms with Gasteiger partial charge in [-0.15, -0.1) is 0 Å². The Bertz CT molecular complexity index is 1070. The van der Waals surface area contributed by atoms with E-state index in [0.717, 1.165) is 35.3 Å². The van der Waals surface area contributed by atoms with Gasteiger partial charge < -0.3 is 9.84 Å². The summed E-state index contributed by atoms with van der Waals surface area (Å²) in [6.45, 7) is 4.60. The van der Waals surface area contributed by atoms with Crippen LogP contribution in [0.15, 0.2) is 47.4 Å². The minimum atomic E-state index is -3.50. The van der Waals surface area contributed by atoms with Crippen LogP contribution in [0.3, 0.4) is 0 Å². The molecular formula is C25H32N2O5S. The van der Waals surface area contributed by atoms with E-state index in [1.54, 1.807) is 16.4 Å². The number of carboxylic acid groups (broad SMARTS) is 1. The number of carboxylic acids is 1. The van der Waals surface area contributed by atoms with Crippen molar-refractivity contribution >= 4 is 16.0 Å². The highest BCUT2D eigenvalue weighted by molar-refractivity contribution is 7.89. The van der Waals surface area contributed by atoms with E-state index in [0.29, 0.717) is 37.6 Å². The van der Waals surface area contributed by atoms with Crippen LogP contribution in [0.1, 0.15) is 42.4 Å². The second-order valence-electron chi connectivity index (χ2n) is 9.03. The van der Waals surface area contributed by atoms with Gasteiger partial charge in [-0.05, 0) is 56.4 Å². The van der Waals surface area contributed by atoms with Gasteiger partial charge in [-0.1, -0.05) is 29.8 Å². The molecule has 0 radical (unpaired) electrons. The Balaban J connectivity index is 1.44. The summed E-state index contributed by atoms with van der Waals surface area (Å²) in [5.74, 6) is -0.0499. The Kier molecular flexibility index (Phi) is 7.36. The lowest BCUT2D eigenvalue weighted by Gasteiger charge is -2.34. The molecule has 1 N–H and O–H groups in total. The third kappa shape index (κ3) is 5.93. The number of aryl methyl sites for hydroxylation is 1. The molecule has 1 saturated heterocycles. The van der Waals surface area contributed by atoms with E-state index in [1.165, 1.54) is 12.8 Å². The largest absolute Gasteiger partial charge is 0.490 e. The van der Waals surface area contributed by atoms with Crippen molar-refractivity contribution in [3.63, 3.8) is 0 Å². The van der Waals surface area contributed by atoms with Crippen LogP contribution in [-0.4, -0.2) is 61.0 Å². The Morgan fingerprint density at radius 3 is 2.33 bits per heavy atom. The molecule has 8 heteroatoms. The van der Waals surface area contributed by atoms with Crippen LogP contribution in [0, 0.1) is 6.92 Å². The fourth-order valence-electron chi connectivity index (χ4n) is 4.57. The first-order chi connectivity index (χ1) is 15.8. The monoisotopic (exact) mass is 472 g/mol. The number of hydrogen-bond donors (Lipinski definition) is 1. The number of sulfonamides is 1. The van der Waals surface area contributed by atoms with Crippen LogP contribution in [-0.2, 0) is 27.8 Å². The van der Waals surface area contributed by atoms with Crippen LogP contribution in [0.25, 0.3) is 0 Å². The van der Waals surface area contributed by atoms with E-state index < -0.39 is 16.0 Å². The predicted molar refractivity (Wildman–Crippen MR) is 126 cm³/mol. The van der Waals surface area contributed by atoms with Crippen molar-refractivity contribution in [3.05, 3.63) is 59.2 Å². The van der Waals surface area contributed by atoms with Crippen LogP contribution in [0.5, 0.6) is 5.75 Å². The summed E-state index contributed by atoms with van der Waals surface area (Å²) in [4.78, 5) is 13.7. The lowest BCUT2D eigenvalue weighted by Crippen LogP contribution is -2.48. The Morgan fingerprint density at radius 2 is 1.70 bits per heavy atom. The molecule has 2 aliphatic rings. The number of nitrogens with zero attached hydrogens (tertiary/aromatic N) is 2. The van der Waals surface area contributed by atoms with Gasteiger partial charge in [0.05, 0.1) is 17.4 Å². The maximum absolute atomic E-state index is 13.0. The molecule has 1 aliphatic carbocycles. The molecule has 1 saturated carbocycles. The molecule has 0 unspecified atom stereocenters. The number of piperazine rings is 1. The van der Waals surface area contributed by atoms with E-state index >= 15 is 0 Å². The molecule has 33 heavy (non-hydrogen) atoms. The third-order valence-corrected chi connectivity index (χ3v) is 8.37. The molecule has 2 aromatic carbocycles. The SMILES string of the molecule is Cc1ccc(S(=O)(=O)N2CCN(Cc3cc(CC(=O)O)ccc3OC3CCCC3)CC2)cc1. The van der Waals surface area contributed by atoms with E-state index in [2.05, 4.69) is 4.90 Å². The van der Waals surface area contributed by atoms with Crippen molar-refractivity contribution in [2.24, 2.45) is 0 Å². The number of aliphatic carboxylic acids is 1. The molecule has 4 rings (SSSR count). The molecule has 0 amide bonds. The van der Waals surface area contributed by atoms with Crippen LogP contribution >= 0.6 is 0 Å².